The lowest BCUT2D eigenvalue weighted by Gasteiger charge is -2.03. The molecule has 0 saturated carbocycles. The minimum Gasteiger partial charge on any atom is -0.506 e. The van der Waals surface area contributed by atoms with Gasteiger partial charge in [-0.3, -0.25) is 9.11 Å². The molecule has 0 aliphatic heterocycles. The van der Waals surface area contributed by atoms with E-state index in [4.69, 9.17) is 9.11 Å². The smallest absolute Gasteiger partial charge is 0.298 e. The Morgan fingerprint density at radius 1 is 0.500 bits per heavy atom. The van der Waals surface area contributed by atoms with Gasteiger partial charge >= 0.3 is 0 Å². The van der Waals surface area contributed by atoms with Gasteiger partial charge in [0.25, 0.3) is 20.2 Å². The van der Waals surface area contributed by atoms with Gasteiger partial charge in [-0.05, 0) is 45.8 Å². The fourth-order valence-electron chi connectivity index (χ4n) is 2.83. The van der Waals surface area contributed by atoms with Crippen molar-refractivity contribution in [1.29, 1.82) is 0 Å². The topological polar surface area (TPSA) is 149 Å². The third-order valence-corrected chi connectivity index (χ3v) is 5.98. The van der Waals surface area contributed by atoms with Gasteiger partial charge in [0, 0.05) is 0 Å². The van der Waals surface area contributed by atoms with Gasteiger partial charge in [0.15, 0.2) is 0 Å². The average Bonchev–Trinajstić information content (AvgIpc) is 2.65. The molecule has 0 amide bonds. The molecule has 30 heavy (non-hydrogen) atoms. The number of hydrogen-bond acceptors (Lipinski definition) is 6. The van der Waals surface area contributed by atoms with Crippen molar-refractivity contribution in [2.24, 2.45) is 0 Å². The summed E-state index contributed by atoms with van der Waals surface area (Å²) in [6, 6.07) is 19.0. The summed E-state index contributed by atoms with van der Waals surface area (Å²) in [5.74, 6) is -0.896. The Labute approximate surface area is 172 Å². The summed E-state index contributed by atoms with van der Waals surface area (Å²) < 4.78 is 61.3. The Kier molecular flexibility index (Phi) is 5.68. The summed E-state index contributed by atoms with van der Waals surface area (Å²) in [6.45, 7) is 0. The predicted octanol–water partition coefficient (Wildman–Crippen LogP) is 3.58. The van der Waals surface area contributed by atoms with Crippen LogP contribution in [0.15, 0.2) is 82.6 Å². The molecule has 4 aromatic rings. The van der Waals surface area contributed by atoms with Crippen LogP contribution in [0.1, 0.15) is 0 Å². The van der Waals surface area contributed by atoms with Crippen LogP contribution < -0.4 is 0 Å². The zero-order valence-corrected chi connectivity index (χ0v) is 16.8. The van der Waals surface area contributed by atoms with E-state index in [9.17, 15) is 27.0 Å². The maximum Gasteiger partial charge on any atom is 0.298 e. The molecule has 4 aromatic carbocycles. The molecule has 0 aliphatic rings. The predicted molar refractivity (Wildman–Crippen MR) is 111 cm³/mol. The summed E-state index contributed by atoms with van der Waals surface area (Å²) in [5.41, 5.74) is 0. The molecule has 0 radical (unpaired) electrons. The first-order chi connectivity index (χ1) is 14.0. The quantitative estimate of drug-likeness (QED) is 0.340. The van der Waals surface area contributed by atoms with Crippen LogP contribution in [0.3, 0.4) is 0 Å². The number of phenolic OH excluding ortho intramolecular Hbond substituents is 2. The third kappa shape index (κ3) is 4.69. The van der Waals surface area contributed by atoms with Crippen LogP contribution in [-0.2, 0) is 20.2 Å². The molecule has 0 saturated heterocycles. The second-order valence-electron chi connectivity index (χ2n) is 6.28. The largest absolute Gasteiger partial charge is 0.506 e. The van der Waals surface area contributed by atoms with Crippen LogP contribution in [0.5, 0.6) is 11.5 Å². The minimum atomic E-state index is -4.37. The fraction of sp³-hybridized carbons (Fsp3) is 0. The highest BCUT2D eigenvalue weighted by Crippen LogP contribution is 2.29. The van der Waals surface area contributed by atoms with E-state index < -0.39 is 41.5 Å². The molecule has 0 fully saturated rings. The van der Waals surface area contributed by atoms with Crippen molar-refractivity contribution in [2.45, 2.75) is 9.79 Å². The van der Waals surface area contributed by atoms with E-state index in [0.29, 0.717) is 21.5 Å². The maximum atomic E-state index is 10.9. The van der Waals surface area contributed by atoms with Crippen LogP contribution >= 0.6 is 0 Å². The lowest BCUT2D eigenvalue weighted by atomic mass is 10.1. The third-order valence-electron chi connectivity index (χ3n) is 4.21. The van der Waals surface area contributed by atoms with Gasteiger partial charge in [-0.1, -0.05) is 48.5 Å². The first-order valence-corrected chi connectivity index (χ1v) is 11.2. The van der Waals surface area contributed by atoms with E-state index >= 15 is 0 Å². The van der Waals surface area contributed by atoms with Gasteiger partial charge in [0.2, 0.25) is 0 Å². The van der Waals surface area contributed by atoms with Gasteiger partial charge in [0.1, 0.15) is 21.3 Å². The number of aromatic hydroxyl groups is 2. The second kappa shape index (κ2) is 7.92. The summed E-state index contributed by atoms with van der Waals surface area (Å²) >= 11 is 0. The molecular formula is C20H16O8S2. The number of fused-ring (bicyclic) bond motifs is 2. The van der Waals surface area contributed by atoms with Crippen LogP contribution in [-0.4, -0.2) is 36.2 Å². The van der Waals surface area contributed by atoms with E-state index in [-0.39, 0.29) is 0 Å². The Hall–Kier alpha value is -3.18. The van der Waals surface area contributed by atoms with Gasteiger partial charge in [-0.2, -0.15) is 16.8 Å². The zero-order chi connectivity index (χ0) is 22.1. The summed E-state index contributed by atoms with van der Waals surface area (Å²) in [4.78, 5) is -0.942. The zero-order valence-electron chi connectivity index (χ0n) is 15.2. The number of rotatable bonds is 2. The molecule has 0 heterocycles. The van der Waals surface area contributed by atoms with Crippen molar-refractivity contribution in [2.75, 3.05) is 0 Å². The molecule has 10 heteroatoms. The number of benzene rings is 4. The summed E-state index contributed by atoms with van der Waals surface area (Å²) in [7, 11) is -8.75. The van der Waals surface area contributed by atoms with Gasteiger partial charge in [0.05, 0.1) is 0 Å². The Bertz CT molecular complexity index is 1350. The Morgan fingerprint density at radius 2 is 0.767 bits per heavy atom. The van der Waals surface area contributed by atoms with Crippen LogP contribution in [0.25, 0.3) is 21.5 Å². The van der Waals surface area contributed by atoms with Gasteiger partial charge < -0.3 is 10.2 Å². The number of phenols is 2. The van der Waals surface area contributed by atoms with Crippen LogP contribution in [0.4, 0.5) is 0 Å². The fourth-order valence-corrected chi connectivity index (χ4v) is 4.03. The minimum absolute atomic E-state index is 0.448. The van der Waals surface area contributed by atoms with Crippen molar-refractivity contribution in [3.05, 3.63) is 72.8 Å². The summed E-state index contributed by atoms with van der Waals surface area (Å²) in [6.07, 6.45) is 0. The van der Waals surface area contributed by atoms with Crippen molar-refractivity contribution < 1.29 is 36.2 Å². The van der Waals surface area contributed by atoms with Gasteiger partial charge in [-0.15, -0.1) is 0 Å². The highest BCUT2D eigenvalue weighted by molar-refractivity contribution is 7.86. The SMILES string of the molecule is O=S(=O)(O)c1cc2ccccc2cc1O.O=S(=O)(O)c1cc2ccccc2cc1O. The van der Waals surface area contributed by atoms with E-state index in [1.165, 1.54) is 24.3 Å². The monoisotopic (exact) mass is 448 g/mol. The van der Waals surface area contributed by atoms with Crippen LogP contribution in [0.2, 0.25) is 0 Å². The molecule has 156 valence electrons. The maximum absolute atomic E-state index is 10.9. The van der Waals surface area contributed by atoms with Gasteiger partial charge in [-0.25, -0.2) is 0 Å². The Morgan fingerprint density at radius 3 is 1.03 bits per heavy atom. The van der Waals surface area contributed by atoms with E-state index in [1.54, 1.807) is 48.5 Å². The van der Waals surface area contributed by atoms with Crippen LogP contribution in [0, 0.1) is 0 Å². The highest BCUT2D eigenvalue weighted by Gasteiger charge is 2.16. The van der Waals surface area contributed by atoms with E-state index in [0.717, 1.165) is 0 Å². The lowest BCUT2D eigenvalue weighted by Crippen LogP contribution is -1.98. The molecule has 4 N–H and O–H groups in total. The number of hydrogen-bond donors (Lipinski definition) is 4. The van der Waals surface area contributed by atoms with Crippen molar-refractivity contribution in [3.63, 3.8) is 0 Å². The molecule has 0 unspecified atom stereocenters. The highest BCUT2D eigenvalue weighted by atomic mass is 32.2. The van der Waals surface area contributed by atoms with E-state index in [2.05, 4.69) is 0 Å². The second-order valence-corrected chi connectivity index (χ2v) is 9.06. The first kappa shape index (κ1) is 21.5. The molecular weight excluding hydrogens is 432 g/mol. The standard InChI is InChI=1S/2C10H8O4S/c2*11-9-5-7-3-1-2-4-8(7)6-10(9)15(12,13)14/h2*1-6,11H,(H,12,13,14). The van der Waals surface area contributed by atoms with Crippen molar-refractivity contribution >= 4 is 41.8 Å². The molecule has 0 aliphatic carbocycles. The van der Waals surface area contributed by atoms with E-state index in [1.807, 2.05) is 0 Å². The average molecular weight is 448 g/mol. The molecule has 4 rings (SSSR count). The van der Waals surface area contributed by atoms with Crippen molar-refractivity contribution in [3.8, 4) is 11.5 Å². The lowest BCUT2D eigenvalue weighted by molar-refractivity contribution is 0.442. The normalized spacial score (nSPS) is 11.8. The molecule has 0 aromatic heterocycles. The van der Waals surface area contributed by atoms with Crippen molar-refractivity contribution in [1.82, 2.24) is 0 Å². The molecule has 0 bridgehead atoms. The molecule has 0 atom stereocenters. The first-order valence-electron chi connectivity index (χ1n) is 8.35. The molecule has 0 spiro atoms. The summed E-state index contributed by atoms with van der Waals surface area (Å²) in [5, 5.41) is 21.5. The molecule has 8 nitrogen and oxygen atoms in total. The Balaban J connectivity index is 0.000000171.